The van der Waals surface area contributed by atoms with Crippen molar-refractivity contribution < 1.29 is 29.3 Å². The van der Waals surface area contributed by atoms with E-state index in [2.05, 4.69) is 6.92 Å². The van der Waals surface area contributed by atoms with Crippen molar-refractivity contribution in [2.45, 2.75) is 83.0 Å². The molecule has 5 rings (SSSR count). The van der Waals surface area contributed by atoms with E-state index in [1.807, 2.05) is 6.92 Å². The Bertz CT molecular complexity index is 842. The molecule has 0 spiro atoms. The van der Waals surface area contributed by atoms with Crippen molar-refractivity contribution in [2.75, 3.05) is 13.2 Å². The molecule has 9 atom stereocenters. The summed E-state index contributed by atoms with van der Waals surface area (Å²) in [6.07, 6.45) is 7.84. The number of carbonyl (C=O) groups is 2. The van der Waals surface area contributed by atoms with Crippen LogP contribution in [0.4, 0.5) is 0 Å². The third kappa shape index (κ3) is 3.03. The van der Waals surface area contributed by atoms with Crippen molar-refractivity contribution in [2.24, 2.45) is 40.2 Å². The number of hydrogen-bond donors (Lipinski definition) is 3. The minimum atomic E-state index is -0.945. The number of amides is 1. The fourth-order valence-corrected chi connectivity index (χ4v) is 8.70. The Balaban J connectivity index is 1.40. The first-order chi connectivity index (χ1) is 15.1. The zero-order valence-electron chi connectivity index (χ0n) is 19.2. The smallest absolute Gasteiger partial charge is 0.331 e. The number of primary amides is 1. The maximum absolute atomic E-state index is 12.2. The zero-order chi connectivity index (χ0) is 22.9. The Morgan fingerprint density at radius 2 is 1.97 bits per heavy atom. The van der Waals surface area contributed by atoms with Crippen LogP contribution < -0.4 is 5.73 Å². The summed E-state index contributed by atoms with van der Waals surface area (Å²) in [6, 6.07) is 0. The van der Waals surface area contributed by atoms with Crippen LogP contribution >= 0.6 is 0 Å². The first kappa shape index (κ1) is 22.4. The number of fused-ring (bicyclic) bond motifs is 5. The summed E-state index contributed by atoms with van der Waals surface area (Å²) in [5.74, 6) is 0.0731. The third-order valence-corrected chi connectivity index (χ3v) is 10.5. The summed E-state index contributed by atoms with van der Waals surface area (Å²) in [5, 5.41) is 23.8. The van der Waals surface area contributed by atoms with E-state index in [-0.39, 0.29) is 48.5 Å². The van der Waals surface area contributed by atoms with Crippen molar-refractivity contribution >= 4 is 11.9 Å². The molecule has 0 aromatic rings. The van der Waals surface area contributed by atoms with Gasteiger partial charge in [-0.1, -0.05) is 13.8 Å². The molecular formula is C25H37NO6. The average molecular weight is 448 g/mol. The predicted octanol–water partition coefficient (Wildman–Crippen LogP) is 2.08. The van der Waals surface area contributed by atoms with Gasteiger partial charge in [0.25, 0.3) is 0 Å². The Labute approximate surface area is 189 Å². The average Bonchev–Trinajstić information content (AvgIpc) is 3.28. The van der Waals surface area contributed by atoms with E-state index in [0.717, 1.165) is 44.1 Å². The van der Waals surface area contributed by atoms with Gasteiger partial charge in [0.1, 0.15) is 13.2 Å². The van der Waals surface area contributed by atoms with Crippen LogP contribution in [0.3, 0.4) is 0 Å². The molecule has 4 N–H and O–H groups in total. The second kappa shape index (κ2) is 7.54. The van der Waals surface area contributed by atoms with Gasteiger partial charge in [-0.05, 0) is 86.0 Å². The fraction of sp³-hybridized carbons (Fsp3) is 0.840. The molecule has 0 saturated heterocycles. The van der Waals surface area contributed by atoms with Crippen LogP contribution in [0.5, 0.6) is 0 Å². The van der Waals surface area contributed by atoms with Crippen LogP contribution in [-0.2, 0) is 19.1 Å². The predicted molar refractivity (Wildman–Crippen MR) is 116 cm³/mol. The monoisotopic (exact) mass is 447 g/mol. The van der Waals surface area contributed by atoms with Gasteiger partial charge < -0.3 is 25.4 Å². The van der Waals surface area contributed by atoms with E-state index < -0.39 is 23.0 Å². The van der Waals surface area contributed by atoms with Crippen LogP contribution in [0.1, 0.15) is 65.2 Å². The van der Waals surface area contributed by atoms with Crippen LogP contribution in [0, 0.1) is 34.5 Å². The first-order valence-electron chi connectivity index (χ1n) is 12.3. The minimum absolute atomic E-state index is 0.0274. The van der Waals surface area contributed by atoms with Crippen molar-refractivity contribution in [3.05, 3.63) is 11.6 Å². The van der Waals surface area contributed by atoms with E-state index >= 15 is 0 Å². The van der Waals surface area contributed by atoms with Gasteiger partial charge in [-0.25, -0.2) is 4.79 Å². The molecule has 7 nitrogen and oxygen atoms in total. The lowest BCUT2D eigenvalue weighted by Gasteiger charge is -2.65. The van der Waals surface area contributed by atoms with E-state index in [9.17, 15) is 19.8 Å². The van der Waals surface area contributed by atoms with E-state index in [1.165, 1.54) is 0 Å². The van der Waals surface area contributed by atoms with Crippen LogP contribution in [0.15, 0.2) is 11.6 Å². The number of rotatable bonds is 4. The van der Waals surface area contributed by atoms with Gasteiger partial charge in [-0.2, -0.15) is 0 Å². The molecule has 4 aliphatic carbocycles. The molecule has 1 heterocycles. The lowest BCUT2D eigenvalue weighted by molar-refractivity contribution is -0.245. The molecule has 0 radical (unpaired) electrons. The molecule has 1 amide bonds. The molecule has 4 fully saturated rings. The van der Waals surface area contributed by atoms with Crippen molar-refractivity contribution in [3.63, 3.8) is 0 Å². The number of cyclic esters (lactones) is 1. The third-order valence-electron chi connectivity index (χ3n) is 10.5. The zero-order valence-corrected chi connectivity index (χ0v) is 19.2. The van der Waals surface area contributed by atoms with Gasteiger partial charge in [0.15, 0.2) is 0 Å². The Morgan fingerprint density at radius 3 is 2.66 bits per heavy atom. The molecule has 0 aromatic carbocycles. The van der Waals surface area contributed by atoms with E-state index in [1.54, 1.807) is 6.08 Å². The number of aliphatic hydroxyl groups is 2. The van der Waals surface area contributed by atoms with Crippen molar-refractivity contribution in [1.82, 2.24) is 0 Å². The molecule has 178 valence electrons. The molecule has 4 saturated carbocycles. The van der Waals surface area contributed by atoms with Crippen LogP contribution in [0.2, 0.25) is 0 Å². The highest BCUT2D eigenvalue weighted by Gasteiger charge is 2.70. The SMILES string of the molecule is CC12CCC(OCC(N)=O)CC1CCC1C2CC(O)C2(C)C(C3=CC(=O)OC3)CCC12O. The largest absolute Gasteiger partial charge is 0.458 e. The maximum Gasteiger partial charge on any atom is 0.331 e. The second-order valence-corrected chi connectivity index (χ2v) is 11.5. The molecule has 5 aliphatic rings. The Morgan fingerprint density at radius 1 is 1.19 bits per heavy atom. The van der Waals surface area contributed by atoms with Crippen molar-refractivity contribution in [3.8, 4) is 0 Å². The lowest BCUT2D eigenvalue weighted by atomic mass is 9.42. The molecule has 0 bridgehead atoms. The van der Waals surface area contributed by atoms with Crippen molar-refractivity contribution in [1.29, 1.82) is 0 Å². The summed E-state index contributed by atoms with van der Waals surface area (Å²) in [6.45, 7) is 4.64. The molecule has 1 aliphatic heterocycles. The topological polar surface area (TPSA) is 119 Å². The number of aliphatic hydroxyl groups excluding tert-OH is 1. The molecule has 32 heavy (non-hydrogen) atoms. The minimum Gasteiger partial charge on any atom is -0.458 e. The highest BCUT2D eigenvalue weighted by atomic mass is 16.5. The Kier molecular flexibility index (Phi) is 5.27. The Hall–Kier alpha value is -1.44. The fourth-order valence-electron chi connectivity index (χ4n) is 8.70. The quantitative estimate of drug-likeness (QED) is 0.568. The van der Waals surface area contributed by atoms with Gasteiger partial charge in [-0.3, -0.25) is 4.79 Å². The van der Waals surface area contributed by atoms with Gasteiger partial charge >= 0.3 is 5.97 Å². The number of carbonyl (C=O) groups excluding carboxylic acids is 2. The number of ether oxygens (including phenoxy) is 2. The summed E-state index contributed by atoms with van der Waals surface area (Å²) in [5.41, 5.74) is 4.62. The van der Waals surface area contributed by atoms with E-state index in [4.69, 9.17) is 15.2 Å². The van der Waals surface area contributed by atoms with Gasteiger partial charge in [0, 0.05) is 11.5 Å². The number of esters is 1. The normalized spacial score (nSPS) is 50.1. The number of nitrogens with two attached hydrogens (primary N) is 1. The second-order valence-electron chi connectivity index (χ2n) is 11.5. The summed E-state index contributed by atoms with van der Waals surface area (Å²) >= 11 is 0. The van der Waals surface area contributed by atoms with Crippen LogP contribution in [0.25, 0.3) is 0 Å². The molecule has 0 aromatic heterocycles. The first-order valence-corrected chi connectivity index (χ1v) is 12.3. The van der Waals surface area contributed by atoms with Gasteiger partial charge in [-0.15, -0.1) is 0 Å². The summed E-state index contributed by atoms with van der Waals surface area (Å²) in [7, 11) is 0. The maximum atomic E-state index is 12.2. The molecular weight excluding hydrogens is 410 g/mol. The lowest BCUT2D eigenvalue weighted by Crippen LogP contribution is -2.67. The standard InChI is InChI=1S/C25H37NO6/c1-23-7-5-16(31-13-21(26)28)10-15(23)3-4-18-19(23)11-20(27)24(2)17(6-8-25(18,24)30)14-9-22(29)32-12-14/h9,15-20,27,30H,3-8,10-13H2,1-2H3,(H2,26,28). The molecule has 9 unspecified atom stereocenters. The highest BCUT2D eigenvalue weighted by molar-refractivity contribution is 5.85. The van der Waals surface area contributed by atoms with Gasteiger partial charge in [0.2, 0.25) is 5.91 Å². The van der Waals surface area contributed by atoms with E-state index in [0.29, 0.717) is 18.8 Å². The highest BCUT2D eigenvalue weighted by Crippen LogP contribution is 2.69. The number of hydrogen-bond acceptors (Lipinski definition) is 6. The summed E-state index contributed by atoms with van der Waals surface area (Å²) in [4.78, 5) is 22.8. The molecule has 7 heteroatoms. The summed E-state index contributed by atoms with van der Waals surface area (Å²) < 4.78 is 10.9. The van der Waals surface area contributed by atoms with Gasteiger partial charge in [0.05, 0.1) is 17.8 Å². The van der Waals surface area contributed by atoms with Crippen LogP contribution in [-0.4, -0.2) is 53.1 Å².